The third kappa shape index (κ3) is 5.33. The van der Waals surface area contributed by atoms with Crippen LogP contribution >= 0.6 is 0 Å². The number of nitrogens with two attached hydrogens (primary N) is 1. The molecule has 0 saturated carbocycles. The molecule has 4 nitrogen and oxygen atoms in total. The number of hydrogen-bond donors (Lipinski definition) is 2. The molecule has 3 N–H and O–H groups in total. The lowest BCUT2D eigenvalue weighted by molar-refractivity contribution is -0.121. The summed E-state index contributed by atoms with van der Waals surface area (Å²) in [6.45, 7) is 5.53. The topological polar surface area (TPSA) is 58.4 Å². The fourth-order valence-electron chi connectivity index (χ4n) is 2.28. The number of nitrogens with zero attached hydrogens (tertiary/aromatic N) is 1. The summed E-state index contributed by atoms with van der Waals surface area (Å²) in [5.41, 5.74) is 5.61. The van der Waals surface area contributed by atoms with Gasteiger partial charge in [0, 0.05) is 25.0 Å². The smallest absolute Gasteiger partial charge is 0.221 e. The summed E-state index contributed by atoms with van der Waals surface area (Å²) in [4.78, 5) is 13.8. The van der Waals surface area contributed by atoms with Crippen molar-refractivity contribution in [2.45, 2.75) is 44.2 Å². The van der Waals surface area contributed by atoms with E-state index in [4.69, 9.17) is 5.73 Å². The van der Waals surface area contributed by atoms with Crippen LogP contribution in [0.15, 0.2) is 12.7 Å². The lowest BCUT2D eigenvalue weighted by Gasteiger charge is -2.19. The monoisotopic (exact) mass is 239 g/mol. The standard InChI is InChI=1S/C13H25N3O/c1-3-11(14)10-13(17)15-8-4-6-12-7-5-9-16(12)2/h3,11-12H,1,4-10,14H2,2H3,(H,15,17). The molecule has 2 unspecified atom stereocenters. The van der Waals surface area contributed by atoms with Crippen molar-refractivity contribution >= 4 is 5.91 Å². The average Bonchev–Trinajstić information content (AvgIpc) is 2.70. The van der Waals surface area contributed by atoms with E-state index in [-0.39, 0.29) is 11.9 Å². The fraction of sp³-hybridized carbons (Fsp3) is 0.769. The second-order valence-electron chi connectivity index (χ2n) is 4.87. The molecule has 17 heavy (non-hydrogen) atoms. The Morgan fingerprint density at radius 3 is 3.06 bits per heavy atom. The van der Waals surface area contributed by atoms with Gasteiger partial charge in [-0.1, -0.05) is 6.08 Å². The van der Waals surface area contributed by atoms with Crippen molar-refractivity contribution in [3.8, 4) is 0 Å². The molecular weight excluding hydrogens is 214 g/mol. The van der Waals surface area contributed by atoms with Crippen LogP contribution in [0.4, 0.5) is 0 Å². The highest BCUT2D eigenvalue weighted by Gasteiger charge is 2.19. The van der Waals surface area contributed by atoms with Crippen LogP contribution in [0.3, 0.4) is 0 Å². The van der Waals surface area contributed by atoms with Crippen molar-refractivity contribution in [2.24, 2.45) is 5.73 Å². The van der Waals surface area contributed by atoms with Crippen LogP contribution in [-0.2, 0) is 4.79 Å². The van der Waals surface area contributed by atoms with Crippen molar-refractivity contribution in [3.05, 3.63) is 12.7 Å². The molecule has 0 bridgehead atoms. The molecule has 0 aromatic rings. The number of nitrogens with one attached hydrogen (secondary N) is 1. The Kier molecular flexibility index (Phi) is 6.22. The molecule has 0 aliphatic carbocycles. The van der Waals surface area contributed by atoms with Gasteiger partial charge in [-0.2, -0.15) is 0 Å². The van der Waals surface area contributed by atoms with Crippen LogP contribution in [0.5, 0.6) is 0 Å². The highest BCUT2D eigenvalue weighted by atomic mass is 16.1. The van der Waals surface area contributed by atoms with E-state index < -0.39 is 0 Å². The molecule has 0 radical (unpaired) electrons. The number of amides is 1. The summed E-state index contributed by atoms with van der Waals surface area (Å²) >= 11 is 0. The summed E-state index contributed by atoms with van der Waals surface area (Å²) in [6, 6.07) is 0.485. The first kappa shape index (κ1) is 14.2. The van der Waals surface area contributed by atoms with Gasteiger partial charge in [-0.25, -0.2) is 0 Å². The first-order valence-electron chi connectivity index (χ1n) is 6.48. The molecule has 0 spiro atoms. The van der Waals surface area contributed by atoms with Gasteiger partial charge in [-0.15, -0.1) is 6.58 Å². The van der Waals surface area contributed by atoms with Gasteiger partial charge in [0.2, 0.25) is 5.91 Å². The Morgan fingerprint density at radius 2 is 2.47 bits per heavy atom. The molecule has 98 valence electrons. The van der Waals surface area contributed by atoms with Gasteiger partial charge in [-0.05, 0) is 39.3 Å². The predicted octanol–water partition coefficient (Wildman–Crippen LogP) is 0.880. The molecule has 1 aliphatic rings. The number of hydrogen-bond acceptors (Lipinski definition) is 3. The zero-order valence-corrected chi connectivity index (χ0v) is 10.8. The molecule has 0 aromatic carbocycles. The Labute approximate surface area is 104 Å². The van der Waals surface area contributed by atoms with E-state index in [0.29, 0.717) is 12.5 Å². The SMILES string of the molecule is C=CC(N)CC(=O)NCCCC1CCCN1C. The molecular formula is C13H25N3O. The third-order valence-corrected chi connectivity index (χ3v) is 3.43. The fourth-order valence-corrected chi connectivity index (χ4v) is 2.28. The maximum atomic E-state index is 11.4. The van der Waals surface area contributed by atoms with Crippen molar-refractivity contribution < 1.29 is 4.79 Å². The third-order valence-electron chi connectivity index (χ3n) is 3.43. The molecule has 2 atom stereocenters. The highest BCUT2D eigenvalue weighted by molar-refractivity contribution is 5.76. The quantitative estimate of drug-likeness (QED) is 0.512. The van der Waals surface area contributed by atoms with E-state index in [9.17, 15) is 4.79 Å². The predicted molar refractivity (Wildman–Crippen MR) is 70.7 cm³/mol. The minimum atomic E-state index is -0.226. The normalized spacial score (nSPS) is 22.4. The van der Waals surface area contributed by atoms with E-state index in [0.717, 1.165) is 13.0 Å². The Balaban J connectivity index is 2.03. The van der Waals surface area contributed by atoms with Gasteiger partial charge in [0.05, 0.1) is 0 Å². The van der Waals surface area contributed by atoms with Gasteiger partial charge in [0.25, 0.3) is 0 Å². The largest absolute Gasteiger partial charge is 0.356 e. The lowest BCUT2D eigenvalue weighted by atomic mass is 10.1. The van der Waals surface area contributed by atoms with Gasteiger partial charge in [-0.3, -0.25) is 4.79 Å². The molecule has 0 aromatic heterocycles. The van der Waals surface area contributed by atoms with Gasteiger partial charge in [0.15, 0.2) is 0 Å². The summed E-state index contributed by atoms with van der Waals surface area (Å²) in [7, 11) is 2.18. The van der Waals surface area contributed by atoms with Crippen molar-refractivity contribution in [3.63, 3.8) is 0 Å². The highest BCUT2D eigenvalue weighted by Crippen LogP contribution is 2.18. The first-order chi connectivity index (χ1) is 8.13. The van der Waals surface area contributed by atoms with E-state index in [1.54, 1.807) is 6.08 Å². The number of carbonyl (C=O) groups excluding carboxylic acids is 1. The number of likely N-dealkylation sites (tertiary alicyclic amines) is 1. The van der Waals surface area contributed by atoms with E-state index >= 15 is 0 Å². The average molecular weight is 239 g/mol. The van der Waals surface area contributed by atoms with Crippen LogP contribution in [0, 0.1) is 0 Å². The van der Waals surface area contributed by atoms with Crippen LogP contribution in [0.1, 0.15) is 32.1 Å². The Bertz CT molecular complexity index is 255. The Morgan fingerprint density at radius 1 is 1.71 bits per heavy atom. The maximum absolute atomic E-state index is 11.4. The second-order valence-corrected chi connectivity index (χ2v) is 4.87. The van der Waals surface area contributed by atoms with Crippen molar-refractivity contribution in [1.82, 2.24) is 10.2 Å². The summed E-state index contributed by atoms with van der Waals surface area (Å²) in [5.74, 6) is 0.0252. The molecule has 1 heterocycles. The summed E-state index contributed by atoms with van der Waals surface area (Å²) in [5, 5.41) is 2.90. The van der Waals surface area contributed by atoms with Gasteiger partial charge < -0.3 is 16.0 Å². The molecule has 1 aliphatic heterocycles. The van der Waals surface area contributed by atoms with E-state index in [1.807, 2.05) is 0 Å². The van der Waals surface area contributed by atoms with Crippen LogP contribution in [-0.4, -0.2) is 43.0 Å². The van der Waals surface area contributed by atoms with Crippen LogP contribution < -0.4 is 11.1 Å². The lowest BCUT2D eigenvalue weighted by Crippen LogP contribution is -2.32. The number of carbonyl (C=O) groups is 1. The van der Waals surface area contributed by atoms with Crippen molar-refractivity contribution in [1.29, 1.82) is 0 Å². The molecule has 1 saturated heterocycles. The van der Waals surface area contributed by atoms with E-state index in [2.05, 4.69) is 23.8 Å². The van der Waals surface area contributed by atoms with Crippen molar-refractivity contribution in [2.75, 3.05) is 20.1 Å². The summed E-state index contributed by atoms with van der Waals surface area (Å²) in [6.07, 6.45) is 6.77. The minimum Gasteiger partial charge on any atom is -0.356 e. The molecule has 1 fully saturated rings. The molecule has 4 heteroatoms. The first-order valence-corrected chi connectivity index (χ1v) is 6.48. The molecule has 1 rings (SSSR count). The second kappa shape index (κ2) is 7.45. The zero-order valence-electron chi connectivity index (χ0n) is 10.8. The Hall–Kier alpha value is -0.870. The van der Waals surface area contributed by atoms with Gasteiger partial charge in [0.1, 0.15) is 0 Å². The van der Waals surface area contributed by atoms with E-state index in [1.165, 1.54) is 25.8 Å². The zero-order chi connectivity index (χ0) is 12.7. The van der Waals surface area contributed by atoms with Gasteiger partial charge >= 0.3 is 0 Å². The number of rotatable bonds is 7. The summed E-state index contributed by atoms with van der Waals surface area (Å²) < 4.78 is 0. The minimum absolute atomic E-state index is 0.0252. The molecule has 1 amide bonds. The maximum Gasteiger partial charge on any atom is 0.221 e. The van der Waals surface area contributed by atoms with Crippen LogP contribution in [0.25, 0.3) is 0 Å². The van der Waals surface area contributed by atoms with Crippen LogP contribution in [0.2, 0.25) is 0 Å².